The molecule has 0 N–H and O–H groups in total. The molecule has 1 aliphatic rings. The maximum Gasteiger partial charge on any atom is 0.223 e. The van der Waals surface area contributed by atoms with Gasteiger partial charge in [-0.05, 0) is 18.8 Å². The van der Waals surface area contributed by atoms with Crippen LogP contribution in [0.15, 0.2) is 43.0 Å². The molecule has 0 saturated carbocycles. The summed E-state index contributed by atoms with van der Waals surface area (Å²) in [7, 11) is 0. The summed E-state index contributed by atoms with van der Waals surface area (Å²) in [6.45, 7) is 6.48. The number of rotatable bonds is 8. The monoisotopic (exact) mass is 315 g/mol. The summed E-state index contributed by atoms with van der Waals surface area (Å²) in [4.78, 5) is 26.1. The summed E-state index contributed by atoms with van der Waals surface area (Å²) in [5.41, 5.74) is 0.679. The lowest BCUT2D eigenvalue weighted by molar-refractivity contribution is -0.132. The third kappa shape index (κ3) is 5.64. The molecule has 0 aliphatic carbocycles. The number of nitrogens with zero attached hydrogens (tertiary/aromatic N) is 1. The molecule has 124 valence electrons. The number of Topliss-reactive ketones (excluding diaryl/α,β-unsaturated/α-hetero) is 1. The van der Waals surface area contributed by atoms with E-state index in [4.69, 9.17) is 4.74 Å². The Hall–Kier alpha value is -1.94. The van der Waals surface area contributed by atoms with E-state index in [1.165, 1.54) is 0 Å². The number of hydrogen-bond donors (Lipinski definition) is 0. The molecule has 1 heterocycles. The maximum absolute atomic E-state index is 12.2. The van der Waals surface area contributed by atoms with Crippen LogP contribution < -0.4 is 0 Å². The van der Waals surface area contributed by atoms with Gasteiger partial charge in [-0.3, -0.25) is 9.59 Å². The quantitative estimate of drug-likeness (QED) is 0.421. The standard InChI is InChI=1S/C19H25NO3/c1-2-14-23-15-16-10-12-20(13-11-16)19(22)9-8-18(21)17-6-4-3-5-7-17/h2-7,16H,1,8-15H2. The zero-order valence-corrected chi connectivity index (χ0v) is 13.6. The second kappa shape index (κ2) is 9.26. The predicted octanol–water partition coefficient (Wildman–Crippen LogP) is 3.09. The molecule has 0 spiro atoms. The average Bonchev–Trinajstić information content (AvgIpc) is 2.61. The van der Waals surface area contributed by atoms with Crippen molar-refractivity contribution in [3.05, 3.63) is 48.6 Å². The van der Waals surface area contributed by atoms with Crippen LogP contribution in [0.1, 0.15) is 36.0 Å². The van der Waals surface area contributed by atoms with Gasteiger partial charge in [0.2, 0.25) is 5.91 Å². The van der Waals surface area contributed by atoms with E-state index in [9.17, 15) is 9.59 Å². The van der Waals surface area contributed by atoms with Crippen LogP contribution in [0, 0.1) is 5.92 Å². The van der Waals surface area contributed by atoms with Gasteiger partial charge < -0.3 is 9.64 Å². The third-order valence-electron chi connectivity index (χ3n) is 4.22. The van der Waals surface area contributed by atoms with E-state index in [0.717, 1.165) is 32.5 Å². The highest BCUT2D eigenvalue weighted by atomic mass is 16.5. The van der Waals surface area contributed by atoms with Gasteiger partial charge in [0.15, 0.2) is 5.78 Å². The lowest BCUT2D eigenvalue weighted by Crippen LogP contribution is -2.39. The van der Waals surface area contributed by atoms with Crippen LogP contribution in [0.3, 0.4) is 0 Å². The lowest BCUT2D eigenvalue weighted by Gasteiger charge is -2.31. The van der Waals surface area contributed by atoms with Gasteiger partial charge in [-0.25, -0.2) is 0 Å². The maximum atomic E-state index is 12.2. The van der Waals surface area contributed by atoms with E-state index < -0.39 is 0 Å². The van der Waals surface area contributed by atoms with Gasteiger partial charge >= 0.3 is 0 Å². The molecule has 1 fully saturated rings. The van der Waals surface area contributed by atoms with E-state index >= 15 is 0 Å². The molecule has 0 bridgehead atoms. The summed E-state index contributed by atoms with van der Waals surface area (Å²) in [6, 6.07) is 9.15. The van der Waals surface area contributed by atoms with Crippen LogP contribution in [0.4, 0.5) is 0 Å². The molecule has 1 saturated heterocycles. The zero-order chi connectivity index (χ0) is 16.5. The van der Waals surface area contributed by atoms with Gasteiger partial charge in [-0.15, -0.1) is 6.58 Å². The van der Waals surface area contributed by atoms with Crippen molar-refractivity contribution in [2.45, 2.75) is 25.7 Å². The molecule has 23 heavy (non-hydrogen) atoms. The first kappa shape index (κ1) is 17.4. The number of likely N-dealkylation sites (tertiary alicyclic amines) is 1. The van der Waals surface area contributed by atoms with Gasteiger partial charge in [-0.2, -0.15) is 0 Å². The average molecular weight is 315 g/mol. The van der Waals surface area contributed by atoms with E-state index in [0.29, 0.717) is 24.5 Å². The SMILES string of the molecule is C=CCOCC1CCN(C(=O)CCC(=O)c2ccccc2)CC1. The largest absolute Gasteiger partial charge is 0.377 e. The van der Waals surface area contributed by atoms with Crippen LogP contribution >= 0.6 is 0 Å². The van der Waals surface area contributed by atoms with Crippen molar-refractivity contribution in [2.24, 2.45) is 5.92 Å². The molecule has 4 heteroatoms. The summed E-state index contributed by atoms with van der Waals surface area (Å²) in [6.07, 6.45) is 4.27. The molecule has 0 radical (unpaired) electrons. The minimum Gasteiger partial charge on any atom is -0.377 e. The zero-order valence-electron chi connectivity index (χ0n) is 13.6. The predicted molar refractivity (Wildman–Crippen MR) is 90.3 cm³/mol. The van der Waals surface area contributed by atoms with Crippen molar-refractivity contribution in [3.63, 3.8) is 0 Å². The number of amides is 1. The van der Waals surface area contributed by atoms with Gasteiger partial charge in [0, 0.05) is 38.1 Å². The second-order valence-corrected chi connectivity index (χ2v) is 5.94. The summed E-state index contributed by atoms with van der Waals surface area (Å²) in [5.74, 6) is 0.636. The lowest BCUT2D eigenvalue weighted by atomic mass is 9.97. The van der Waals surface area contributed by atoms with Crippen molar-refractivity contribution >= 4 is 11.7 Å². The van der Waals surface area contributed by atoms with Crippen LogP contribution in [0.5, 0.6) is 0 Å². The molecule has 4 nitrogen and oxygen atoms in total. The molecule has 2 rings (SSSR count). The Bertz CT molecular complexity index is 519. The number of carbonyl (C=O) groups is 2. The Kier molecular flexibility index (Phi) is 7.01. The molecule has 1 aromatic carbocycles. The van der Waals surface area contributed by atoms with Crippen molar-refractivity contribution in [1.29, 1.82) is 0 Å². The molecule has 0 unspecified atom stereocenters. The molecule has 1 aromatic rings. The van der Waals surface area contributed by atoms with Crippen molar-refractivity contribution in [2.75, 3.05) is 26.3 Å². The summed E-state index contributed by atoms with van der Waals surface area (Å²) < 4.78 is 5.48. The minimum atomic E-state index is 0.0339. The number of ketones is 1. The Labute approximate surface area is 138 Å². The molecule has 1 aliphatic heterocycles. The highest BCUT2D eigenvalue weighted by Crippen LogP contribution is 2.18. The number of ether oxygens (including phenoxy) is 1. The molecular weight excluding hydrogens is 290 g/mol. The van der Waals surface area contributed by atoms with Crippen molar-refractivity contribution in [3.8, 4) is 0 Å². The third-order valence-corrected chi connectivity index (χ3v) is 4.22. The number of benzene rings is 1. The number of piperidine rings is 1. The molecular formula is C19H25NO3. The first-order valence-electron chi connectivity index (χ1n) is 8.25. The second-order valence-electron chi connectivity index (χ2n) is 5.94. The Morgan fingerprint density at radius 1 is 1.17 bits per heavy atom. The smallest absolute Gasteiger partial charge is 0.223 e. The van der Waals surface area contributed by atoms with Crippen molar-refractivity contribution < 1.29 is 14.3 Å². The highest BCUT2D eigenvalue weighted by molar-refractivity contribution is 5.97. The van der Waals surface area contributed by atoms with E-state index in [-0.39, 0.29) is 18.1 Å². The Balaban J connectivity index is 1.69. The first-order chi connectivity index (χ1) is 11.2. The normalized spacial score (nSPS) is 15.4. The van der Waals surface area contributed by atoms with Crippen molar-refractivity contribution in [1.82, 2.24) is 4.90 Å². The molecule has 0 aromatic heterocycles. The van der Waals surface area contributed by atoms with Gasteiger partial charge in [0.25, 0.3) is 0 Å². The summed E-state index contributed by atoms with van der Waals surface area (Å²) in [5, 5.41) is 0. The van der Waals surface area contributed by atoms with E-state index in [1.807, 2.05) is 23.1 Å². The fourth-order valence-corrected chi connectivity index (χ4v) is 2.81. The van der Waals surface area contributed by atoms with Crippen LogP contribution in [-0.2, 0) is 9.53 Å². The minimum absolute atomic E-state index is 0.0339. The Morgan fingerprint density at radius 2 is 1.87 bits per heavy atom. The van der Waals surface area contributed by atoms with Crippen LogP contribution in [0.2, 0.25) is 0 Å². The van der Waals surface area contributed by atoms with E-state index in [1.54, 1.807) is 18.2 Å². The highest BCUT2D eigenvalue weighted by Gasteiger charge is 2.23. The van der Waals surface area contributed by atoms with E-state index in [2.05, 4.69) is 6.58 Å². The number of carbonyl (C=O) groups excluding carboxylic acids is 2. The molecule has 0 atom stereocenters. The van der Waals surface area contributed by atoms with Gasteiger partial charge in [-0.1, -0.05) is 36.4 Å². The topological polar surface area (TPSA) is 46.6 Å². The fourth-order valence-electron chi connectivity index (χ4n) is 2.81. The Morgan fingerprint density at radius 3 is 2.52 bits per heavy atom. The first-order valence-corrected chi connectivity index (χ1v) is 8.25. The fraction of sp³-hybridized carbons (Fsp3) is 0.474. The number of hydrogen-bond acceptors (Lipinski definition) is 3. The van der Waals surface area contributed by atoms with Crippen LogP contribution in [-0.4, -0.2) is 42.9 Å². The van der Waals surface area contributed by atoms with Gasteiger partial charge in [0.05, 0.1) is 6.61 Å². The molecule has 1 amide bonds. The van der Waals surface area contributed by atoms with Gasteiger partial charge in [0.1, 0.15) is 0 Å². The summed E-state index contributed by atoms with van der Waals surface area (Å²) >= 11 is 0. The van der Waals surface area contributed by atoms with Crippen LogP contribution in [0.25, 0.3) is 0 Å².